The molecular formula is C14H24N2OS. The van der Waals surface area contributed by atoms with E-state index in [9.17, 15) is 0 Å². The first-order valence-corrected chi connectivity index (χ1v) is 7.74. The SMILES string of the molecule is CCOC1CC(NCc2csc(C)n2)C1(C)CC. The van der Waals surface area contributed by atoms with Crippen molar-refractivity contribution in [3.05, 3.63) is 16.1 Å². The molecule has 1 heterocycles. The third-order valence-corrected chi connectivity index (χ3v) is 5.13. The summed E-state index contributed by atoms with van der Waals surface area (Å²) in [5, 5.41) is 6.93. The van der Waals surface area contributed by atoms with Crippen LogP contribution >= 0.6 is 11.3 Å². The highest BCUT2D eigenvalue weighted by atomic mass is 32.1. The van der Waals surface area contributed by atoms with Crippen LogP contribution in [0.2, 0.25) is 0 Å². The van der Waals surface area contributed by atoms with E-state index >= 15 is 0 Å². The maximum absolute atomic E-state index is 5.82. The van der Waals surface area contributed by atoms with Gasteiger partial charge in [-0.05, 0) is 26.7 Å². The second-order valence-corrected chi connectivity index (χ2v) is 6.39. The molecule has 102 valence electrons. The van der Waals surface area contributed by atoms with E-state index in [1.807, 2.05) is 0 Å². The minimum atomic E-state index is 0.279. The van der Waals surface area contributed by atoms with Crippen LogP contribution in [-0.2, 0) is 11.3 Å². The first-order valence-electron chi connectivity index (χ1n) is 6.86. The van der Waals surface area contributed by atoms with Crippen LogP contribution in [-0.4, -0.2) is 23.7 Å². The molecule has 1 aliphatic rings. The highest BCUT2D eigenvalue weighted by molar-refractivity contribution is 7.09. The largest absolute Gasteiger partial charge is 0.378 e. The van der Waals surface area contributed by atoms with Crippen molar-refractivity contribution < 1.29 is 4.74 Å². The first-order chi connectivity index (χ1) is 8.60. The minimum absolute atomic E-state index is 0.279. The van der Waals surface area contributed by atoms with Gasteiger partial charge in [-0.1, -0.05) is 13.8 Å². The van der Waals surface area contributed by atoms with Crippen LogP contribution in [0.5, 0.6) is 0 Å². The number of ether oxygens (including phenoxy) is 1. The van der Waals surface area contributed by atoms with E-state index in [-0.39, 0.29) is 5.41 Å². The third kappa shape index (κ3) is 2.60. The zero-order chi connectivity index (χ0) is 13.2. The van der Waals surface area contributed by atoms with Crippen molar-refractivity contribution in [2.45, 2.75) is 59.2 Å². The number of hydrogen-bond donors (Lipinski definition) is 1. The van der Waals surface area contributed by atoms with Crippen LogP contribution in [0.3, 0.4) is 0 Å². The third-order valence-electron chi connectivity index (χ3n) is 4.31. The van der Waals surface area contributed by atoms with Crippen molar-refractivity contribution in [1.29, 1.82) is 0 Å². The molecule has 1 N–H and O–H groups in total. The summed E-state index contributed by atoms with van der Waals surface area (Å²) in [4.78, 5) is 4.49. The van der Waals surface area contributed by atoms with Crippen molar-refractivity contribution in [2.24, 2.45) is 5.41 Å². The van der Waals surface area contributed by atoms with Gasteiger partial charge in [0.15, 0.2) is 0 Å². The zero-order valence-corrected chi connectivity index (χ0v) is 12.6. The van der Waals surface area contributed by atoms with Gasteiger partial charge >= 0.3 is 0 Å². The summed E-state index contributed by atoms with van der Waals surface area (Å²) in [5.74, 6) is 0. The lowest BCUT2D eigenvalue weighted by Crippen LogP contribution is -2.61. The highest BCUT2D eigenvalue weighted by Crippen LogP contribution is 2.45. The van der Waals surface area contributed by atoms with E-state index in [0.29, 0.717) is 12.1 Å². The van der Waals surface area contributed by atoms with Gasteiger partial charge in [0.25, 0.3) is 0 Å². The molecule has 3 atom stereocenters. The van der Waals surface area contributed by atoms with Gasteiger partial charge in [-0.25, -0.2) is 4.98 Å². The molecule has 0 aliphatic heterocycles. The lowest BCUT2D eigenvalue weighted by Gasteiger charge is -2.53. The van der Waals surface area contributed by atoms with E-state index in [0.717, 1.165) is 36.7 Å². The average molecular weight is 268 g/mol. The Morgan fingerprint density at radius 2 is 2.33 bits per heavy atom. The first kappa shape index (κ1) is 14.0. The van der Waals surface area contributed by atoms with E-state index in [1.54, 1.807) is 11.3 Å². The summed E-state index contributed by atoms with van der Waals surface area (Å²) in [6.45, 7) is 10.4. The number of hydrogen-bond acceptors (Lipinski definition) is 4. The molecule has 1 saturated carbocycles. The Bertz CT molecular complexity index is 393. The second kappa shape index (κ2) is 5.68. The smallest absolute Gasteiger partial charge is 0.0897 e. The number of nitrogens with one attached hydrogen (secondary N) is 1. The van der Waals surface area contributed by atoms with E-state index in [4.69, 9.17) is 4.74 Å². The van der Waals surface area contributed by atoms with Crippen molar-refractivity contribution in [2.75, 3.05) is 6.61 Å². The number of rotatable bonds is 6. The molecule has 1 fully saturated rings. The molecule has 1 aromatic rings. The van der Waals surface area contributed by atoms with Crippen LogP contribution in [0, 0.1) is 12.3 Å². The predicted octanol–water partition coefficient (Wildman–Crippen LogP) is 3.13. The second-order valence-electron chi connectivity index (χ2n) is 5.33. The Morgan fingerprint density at radius 1 is 1.56 bits per heavy atom. The molecule has 3 unspecified atom stereocenters. The van der Waals surface area contributed by atoms with Crippen molar-refractivity contribution in [1.82, 2.24) is 10.3 Å². The molecule has 1 aromatic heterocycles. The van der Waals surface area contributed by atoms with Crippen molar-refractivity contribution >= 4 is 11.3 Å². The van der Waals surface area contributed by atoms with Gasteiger partial charge in [-0.3, -0.25) is 0 Å². The van der Waals surface area contributed by atoms with Gasteiger partial charge in [0, 0.05) is 30.0 Å². The zero-order valence-electron chi connectivity index (χ0n) is 11.8. The summed E-state index contributed by atoms with van der Waals surface area (Å²) >= 11 is 1.72. The standard InChI is InChI=1S/C14H24N2OS/c1-5-14(4)12(7-13(14)17-6-2)15-8-11-9-18-10(3)16-11/h9,12-13,15H,5-8H2,1-4H3. The molecule has 3 nitrogen and oxygen atoms in total. The summed E-state index contributed by atoms with van der Waals surface area (Å²) in [6.07, 6.45) is 2.70. The van der Waals surface area contributed by atoms with E-state index in [1.165, 1.54) is 0 Å². The van der Waals surface area contributed by atoms with E-state index in [2.05, 4.69) is 43.4 Å². The molecule has 0 amide bonds. The van der Waals surface area contributed by atoms with Crippen molar-refractivity contribution in [3.63, 3.8) is 0 Å². The molecule has 0 radical (unpaired) electrons. The molecule has 4 heteroatoms. The van der Waals surface area contributed by atoms with Crippen LogP contribution in [0.25, 0.3) is 0 Å². The van der Waals surface area contributed by atoms with Crippen LogP contribution < -0.4 is 5.32 Å². The van der Waals surface area contributed by atoms with Gasteiger partial charge in [0.2, 0.25) is 0 Å². The summed E-state index contributed by atoms with van der Waals surface area (Å²) < 4.78 is 5.82. The fourth-order valence-electron chi connectivity index (χ4n) is 2.78. The fourth-order valence-corrected chi connectivity index (χ4v) is 3.40. The van der Waals surface area contributed by atoms with Gasteiger partial charge < -0.3 is 10.1 Å². The number of nitrogens with zero attached hydrogens (tertiary/aromatic N) is 1. The minimum Gasteiger partial charge on any atom is -0.378 e. The number of aromatic nitrogens is 1. The predicted molar refractivity (Wildman–Crippen MR) is 75.9 cm³/mol. The average Bonchev–Trinajstić information content (AvgIpc) is 2.77. The topological polar surface area (TPSA) is 34.1 Å². The van der Waals surface area contributed by atoms with Gasteiger partial charge in [0.05, 0.1) is 16.8 Å². The Balaban J connectivity index is 1.87. The molecule has 0 bridgehead atoms. The van der Waals surface area contributed by atoms with Crippen molar-refractivity contribution in [3.8, 4) is 0 Å². The Morgan fingerprint density at radius 3 is 2.89 bits per heavy atom. The van der Waals surface area contributed by atoms with Gasteiger partial charge in [-0.2, -0.15) is 0 Å². The molecule has 1 aliphatic carbocycles. The fraction of sp³-hybridized carbons (Fsp3) is 0.786. The molecule has 2 rings (SSSR count). The Hall–Kier alpha value is -0.450. The Kier molecular flexibility index (Phi) is 4.41. The number of thiazole rings is 1. The van der Waals surface area contributed by atoms with Crippen LogP contribution in [0.15, 0.2) is 5.38 Å². The molecule has 0 spiro atoms. The molecule has 0 saturated heterocycles. The Labute approximate surface area is 114 Å². The lowest BCUT2D eigenvalue weighted by molar-refractivity contribution is -0.126. The van der Waals surface area contributed by atoms with Crippen LogP contribution in [0.4, 0.5) is 0 Å². The summed E-state index contributed by atoms with van der Waals surface area (Å²) in [5.41, 5.74) is 1.44. The molecule has 18 heavy (non-hydrogen) atoms. The van der Waals surface area contributed by atoms with Gasteiger partial charge in [0.1, 0.15) is 0 Å². The number of aryl methyl sites for hydroxylation is 1. The quantitative estimate of drug-likeness (QED) is 0.860. The van der Waals surface area contributed by atoms with E-state index < -0.39 is 0 Å². The molecular weight excluding hydrogens is 244 g/mol. The molecule has 0 aromatic carbocycles. The van der Waals surface area contributed by atoms with Crippen LogP contribution in [0.1, 0.15) is 44.3 Å². The monoisotopic (exact) mass is 268 g/mol. The maximum atomic E-state index is 5.82. The highest BCUT2D eigenvalue weighted by Gasteiger charge is 2.50. The summed E-state index contributed by atoms with van der Waals surface area (Å²) in [7, 11) is 0. The normalized spacial score (nSPS) is 31.3. The lowest BCUT2D eigenvalue weighted by atomic mass is 9.61. The maximum Gasteiger partial charge on any atom is 0.0897 e. The summed E-state index contributed by atoms with van der Waals surface area (Å²) in [6, 6.07) is 0.557. The van der Waals surface area contributed by atoms with Gasteiger partial charge in [-0.15, -0.1) is 11.3 Å².